The van der Waals surface area contributed by atoms with Gasteiger partial charge in [-0.25, -0.2) is 0 Å². The third-order valence-electron chi connectivity index (χ3n) is 10.9. The van der Waals surface area contributed by atoms with Crippen molar-refractivity contribution in [1.29, 1.82) is 0 Å². The lowest BCUT2D eigenvalue weighted by Crippen LogP contribution is -2.60. The van der Waals surface area contributed by atoms with Crippen molar-refractivity contribution >= 4 is 5.91 Å². The molecule has 0 spiro atoms. The van der Waals surface area contributed by atoms with Gasteiger partial charge < -0.3 is 40.3 Å². The van der Waals surface area contributed by atoms with Crippen LogP contribution in [0.2, 0.25) is 0 Å². The molecule has 0 aromatic rings. The van der Waals surface area contributed by atoms with Crippen LogP contribution in [0.4, 0.5) is 0 Å². The normalized spacial score (nSPS) is 21.2. The smallest absolute Gasteiger partial charge is 0.220 e. The molecule has 1 fully saturated rings. The van der Waals surface area contributed by atoms with Gasteiger partial charge in [-0.1, -0.05) is 187 Å². The molecule has 63 heavy (non-hydrogen) atoms. The molecule has 0 aromatic heterocycles. The highest BCUT2D eigenvalue weighted by atomic mass is 16.7. The van der Waals surface area contributed by atoms with E-state index in [0.29, 0.717) is 6.42 Å². The lowest BCUT2D eigenvalue weighted by atomic mass is 9.99. The van der Waals surface area contributed by atoms with Crippen LogP contribution in [0.15, 0.2) is 109 Å². The lowest BCUT2D eigenvalue weighted by Gasteiger charge is -2.40. The predicted molar refractivity (Wildman–Crippen MR) is 262 cm³/mol. The molecule has 1 aliphatic heterocycles. The number of amides is 1. The number of carbonyl (C=O) groups excluding carboxylic acids is 1. The Balaban J connectivity index is 2.29. The van der Waals surface area contributed by atoms with Crippen LogP contribution in [0.3, 0.4) is 0 Å². The van der Waals surface area contributed by atoms with Crippen LogP contribution in [-0.4, -0.2) is 87.5 Å². The fourth-order valence-corrected chi connectivity index (χ4v) is 6.93. The van der Waals surface area contributed by atoms with Crippen molar-refractivity contribution in [2.75, 3.05) is 13.2 Å². The summed E-state index contributed by atoms with van der Waals surface area (Å²) < 4.78 is 11.2. The van der Waals surface area contributed by atoms with E-state index in [-0.39, 0.29) is 12.5 Å². The number of hydrogen-bond donors (Lipinski definition) is 6. The summed E-state index contributed by atoms with van der Waals surface area (Å²) in [7, 11) is 0. The molecule has 0 aromatic carbocycles. The molecule has 358 valence electrons. The first-order valence-electron chi connectivity index (χ1n) is 24.6. The first-order valence-corrected chi connectivity index (χ1v) is 24.6. The van der Waals surface area contributed by atoms with Gasteiger partial charge >= 0.3 is 0 Å². The Bertz CT molecular complexity index is 1340. The summed E-state index contributed by atoms with van der Waals surface area (Å²) in [5.41, 5.74) is 0. The molecule has 0 aliphatic carbocycles. The zero-order valence-corrected chi connectivity index (χ0v) is 39.3. The Morgan fingerprint density at radius 1 is 0.556 bits per heavy atom. The van der Waals surface area contributed by atoms with E-state index in [2.05, 4.69) is 116 Å². The van der Waals surface area contributed by atoms with Crippen LogP contribution in [0.1, 0.15) is 168 Å². The SMILES string of the molecule is CC/C=C\C/C=C\C/C=C\C/C=C\C/C=C\C/C=C\C/C=C\C/C=C\CCCCCCC(=O)NC(COC1OC(CO)C(O)C(O)C1O)C(O)/C=C/CCCCCCCCCCC. The molecule has 7 atom stereocenters. The van der Waals surface area contributed by atoms with E-state index in [1.807, 2.05) is 6.08 Å². The molecule has 0 saturated carbocycles. The maximum Gasteiger partial charge on any atom is 0.220 e. The second-order valence-electron chi connectivity index (χ2n) is 16.5. The van der Waals surface area contributed by atoms with Crippen LogP contribution in [0, 0.1) is 0 Å². The maximum atomic E-state index is 13.0. The molecule has 0 radical (unpaired) electrons. The van der Waals surface area contributed by atoms with Gasteiger partial charge in [-0.3, -0.25) is 4.79 Å². The third kappa shape index (κ3) is 33.1. The topological polar surface area (TPSA) is 149 Å². The van der Waals surface area contributed by atoms with E-state index in [0.717, 1.165) is 103 Å². The second-order valence-corrected chi connectivity index (χ2v) is 16.5. The molecular formula is C54H89NO8. The number of rotatable bonds is 39. The zero-order valence-electron chi connectivity index (χ0n) is 39.3. The summed E-state index contributed by atoms with van der Waals surface area (Å²) in [5.74, 6) is -0.209. The van der Waals surface area contributed by atoms with E-state index in [1.165, 1.54) is 44.9 Å². The predicted octanol–water partition coefficient (Wildman–Crippen LogP) is 11.1. The Kier molecular flexibility index (Phi) is 39.3. The van der Waals surface area contributed by atoms with Crippen LogP contribution in [0.5, 0.6) is 0 Å². The van der Waals surface area contributed by atoms with E-state index in [1.54, 1.807) is 6.08 Å². The number of nitrogens with one attached hydrogen (secondary N) is 1. The number of carbonyl (C=O) groups is 1. The van der Waals surface area contributed by atoms with Gasteiger partial charge in [-0.2, -0.15) is 0 Å². The van der Waals surface area contributed by atoms with Gasteiger partial charge in [0.1, 0.15) is 24.4 Å². The van der Waals surface area contributed by atoms with Gasteiger partial charge in [-0.15, -0.1) is 0 Å². The fraction of sp³-hybridized carbons (Fsp3) is 0.648. The monoisotopic (exact) mass is 880 g/mol. The van der Waals surface area contributed by atoms with Crippen molar-refractivity contribution in [3.05, 3.63) is 109 Å². The molecule has 1 rings (SSSR count). The number of allylic oxidation sites excluding steroid dienone is 17. The van der Waals surface area contributed by atoms with Crippen LogP contribution < -0.4 is 5.32 Å². The number of aliphatic hydroxyl groups is 5. The van der Waals surface area contributed by atoms with Gasteiger partial charge in [0.15, 0.2) is 6.29 Å². The summed E-state index contributed by atoms with van der Waals surface area (Å²) >= 11 is 0. The number of hydrogen-bond acceptors (Lipinski definition) is 8. The summed E-state index contributed by atoms with van der Waals surface area (Å²) in [5, 5.41) is 54.1. The van der Waals surface area contributed by atoms with Gasteiger partial charge in [0.2, 0.25) is 5.91 Å². The largest absolute Gasteiger partial charge is 0.394 e. The van der Waals surface area contributed by atoms with E-state index < -0.39 is 49.5 Å². The minimum atomic E-state index is -1.58. The molecule has 9 heteroatoms. The third-order valence-corrected chi connectivity index (χ3v) is 10.9. The van der Waals surface area contributed by atoms with E-state index in [4.69, 9.17) is 9.47 Å². The first kappa shape index (κ1) is 57.9. The maximum absolute atomic E-state index is 13.0. The van der Waals surface area contributed by atoms with Crippen molar-refractivity contribution in [2.24, 2.45) is 0 Å². The summed E-state index contributed by atoms with van der Waals surface area (Å²) in [6.45, 7) is 3.60. The van der Waals surface area contributed by atoms with Gasteiger partial charge in [0.05, 0.1) is 25.4 Å². The Morgan fingerprint density at radius 2 is 0.984 bits per heavy atom. The molecule has 0 bridgehead atoms. The number of ether oxygens (including phenoxy) is 2. The minimum absolute atomic E-state index is 0.206. The van der Waals surface area contributed by atoms with Crippen molar-refractivity contribution in [1.82, 2.24) is 5.32 Å². The Labute approximate surface area is 383 Å². The van der Waals surface area contributed by atoms with Gasteiger partial charge in [-0.05, 0) is 83.5 Å². The van der Waals surface area contributed by atoms with E-state index in [9.17, 15) is 30.3 Å². The quantitative estimate of drug-likeness (QED) is 0.0264. The van der Waals surface area contributed by atoms with Crippen molar-refractivity contribution in [3.8, 4) is 0 Å². The molecule has 1 saturated heterocycles. The average Bonchev–Trinajstić information content (AvgIpc) is 3.28. The molecule has 1 heterocycles. The lowest BCUT2D eigenvalue weighted by molar-refractivity contribution is -0.302. The number of aliphatic hydroxyl groups excluding tert-OH is 5. The summed E-state index contributed by atoms with van der Waals surface area (Å²) in [6, 6.07) is -0.825. The van der Waals surface area contributed by atoms with Crippen LogP contribution in [-0.2, 0) is 14.3 Å². The fourth-order valence-electron chi connectivity index (χ4n) is 6.93. The Hall–Kier alpha value is -3.15. The number of unbranched alkanes of at least 4 members (excludes halogenated alkanes) is 13. The highest BCUT2D eigenvalue weighted by molar-refractivity contribution is 5.76. The molecular weight excluding hydrogens is 791 g/mol. The Morgan fingerprint density at radius 3 is 1.46 bits per heavy atom. The highest BCUT2D eigenvalue weighted by Gasteiger charge is 2.44. The molecule has 7 unspecified atom stereocenters. The molecule has 1 aliphatic rings. The highest BCUT2D eigenvalue weighted by Crippen LogP contribution is 2.22. The molecule has 6 N–H and O–H groups in total. The van der Waals surface area contributed by atoms with Crippen LogP contribution in [0.25, 0.3) is 0 Å². The second kappa shape index (κ2) is 42.8. The minimum Gasteiger partial charge on any atom is -0.394 e. The molecule has 1 amide bonds. The van der Waals surface area contributed by atoms with Gasteiger partial charge in [0.25, 0.3) is 0 Å². The van der Waals surface area contributed by atoms with Crippen molar-refractivity contribution in [3.63, 3.8) is 0 Å². The van der Waals surface area contributed by atoms with Crippen molar-refractivity contribution < 1.29 is 39.8 Å². The first-order chi connectivity index (χ1) is 30.8. The standard InChI is InChI=1S/C54H89NO8/c1-3-5-7-9-11-13-15-16-17-18-19-20-21-22-23-24-25-26-27-28-29-30-31-32-34-36-38-40-42-44-50(58)55-47(46-62-54-53(61)52(60)51(59)49(45-56)63-54)48(57)43-41-39-37-35-33-14-12-10-8-6-4-2/h5,7,11,13,16-17,19-20,22-23,25-26,28-29,31-32,41,43,47-49,51-54,56-57,59-61H,3-4,6,8-10,12,14-15,18,21,24,27,30,33-40,42,44-46H2,1-2H3,(H,55,58)/b7-5-,13-11-,17-16-,20-19-,23-22-,26-25-,29-28-,32-31-,43-41+. The van der Waals surface area contributed by atoms with E-state index >= 15 is 0 Å². The van der Waals surface area contributed by atoms with Crippen molar-refractivity contribution in [2.45, 2.75) is 211 Å². The van der Waals surface area contributed by atoms with Crippen LogP contribution >= 0.6 is 0 Å². The summed E-state index contributed by atoms with van der Waals surface area (Å²) in [6.07, 6.45) is 55.6. The zero-order chi connectivity index (χ0) is 45.9. The average molecular weight is 880 g/mol. The summed E-state index contributed by atoms with van der Waals surface area (Å²) in [4.78, 5) is 13.0. The molecule has 9 nitrogen and oxygen atoms in total. The van der Waals surface area contributed by atoms with Gasteiger partial charge in [0, 0.05) is 6.42 Å².